The van der Waals surface area contributed by atoms with E-state index in [0.717, 1.165) is 29.5 Å². The van der Waals surface area contributed by atoms with Crippen LogP contribution in [0.2, 0.25) is 0 Å². The number of hydrogen-bond donors (Lipinski definition) is 0. The smallest absolute Gasteiger partial charge is 0.226 e. The van der Waals surface area contributed by atoms with Crippen molar-refractivity contribution in [1.82, 2.24) is 9.88 Å². The van der Waals surface area contributed by atoms with Gasteiger partial charge in [0.15, 0.2) is 9.84 Å². The zero-order chi connectivity index (χ0) is 21.2. The second-order valence-electron chi connectivity index (χ2n) is 8.87. The molecule has 0 spiro atoms. The second kappa shape index (κ2) is 8.30. The van der Waals surface area contributed by atoms with Crippen LogP contribution in [-0.4, -0.2) is 47.8 Å². The van der Waals surface area contributed by atoms with Gasteiger partial charge in [0.05, 0.1) is 23.1 Å². The molecule has 1 saturated heterocycles. The third-order valence-electron chi connectivity index (χ3n) is 5.72. The fourth-order valence-electron chi connectivity index (χ4n) is 3.58. The monoisotopic (exact) mass is 418 g/mol. The molecule has 1 amide bonds. The number of nitrogens with zero attached hydrogens (tertiary/aromatic N) is 2. The maximum absolute atomic E-state index is 12.8. The van der Waals surface area contributed by atoms with Gasteiger partial charge in [-0.25, -0.2) is 13.4 Å². The van der Waals surface area contributed by atoms with E-state index < -0.39 is 14.6 Å². The van der Waals surface area contributed by atoms with Crippen molar-refractivity contribution in [2.24, 2.45) is 5.92 Å². The molecule has 0 aliphatic carbocycles. The Labute approximate surface area is 173 Å². The maximum Gasteiger partial charge on any atom is 0.226 e. The summed E-state index contributed by atoms with van der Waals surface area (Å²) >= 11 is 0. The first-order chi connectivity index (χ1) is 13.6. The summed E-state index contributed by atoms with van der Waals surface area (Å²) in [6.07, 6.45) is 4.98. The number of hydrogen-bond acceptors (Lipinski definition) is 5. The Balaban J connectivity index is 1.56. The molecule has 7 heteroatoms. The molecule has 0 bridgehead atoms. The first kappa shape index (κ1) is 21.6. The molecule has 0 N–H and O–H groups in total. The lowest BCUT2D eigenvalue weighted by molar-refractivity contribution is -0.131. The third-order valence-corrected chi connectivity index (χ3v) is 8.50. The Hall–Kier alpha value is -2.15. The predicted octanol–water partition coefficient (Wildman–Crippen LogP) is 3.64. The Morgan fingerprint density at radius 2 is 1.93 bits per heavy atom. The number of benzene rings is 1. The summed E-state index contributed by atoms with van der Waals surface area (Å²) in [5, 5.41) is 0. The Kier molecular flexibility index (Phi) is 6.17. The summed E-state index contributed by atoms with van der Waals surface area (Å²) in [7, 11) is -3.13. The van der Waals surface area contributed by atoms with Crippen molar-refractivity contribution in [2.45, 2.75) is 51.7 Å². The number of amides is 1. The van der Waals surface area contributed by atoms with E-state index in [1.807, 2.05) is 30.0 Å². The van der Waals surface area contributed by atoms with Crippen LogP contribution in [0.25, 0.3) is 11.5 Å². The molecule has 6 nitrogen and oxygen atoms in total. The van der Waals surface area contributed by atoms with E-state index in [1.165, 1.54) is 0 Å². The standard InChI is InChI=1S/C22H30N2O4S/c1-16-13-19(21-23-9-12-28-21)6-5-18(16)14-20(25)24-10-7-17(8-11-24)15-29(26,27)22(2,3)4/h5-6,9,12-13,17H,7-8,10-11,14-15H2,1-4H3. The van der Waals surface area contributed by atoms with Gasteiger partial charge in [-0.1, -0.05) is 6.07 Å². The first-order valence-electron chi connectivity index (χ1n) is 10.1. The number of likely N-dealkylation sites (tertiary alicyclic amines) is 1. The number of oxazole rings is 1. The molecule has 1 aromatic heterocycles. The van der Waals surface area contributed by atoms with Crippen molar-refractivity contribution in [3.8, 4) is 11.5 Å². The highest BCUT2D eigenvalue weighted by atomic mass is 32.2. The molecule has 158 valence electrons. The van der Waals surface area contributed by atoms with Crippen LogP contribution in [-0.2, 0) is 21.1 Å². The van der Waals surface area contributed by atoms with Crippen molar-refractivity contribution in [3.63, 3.8) is 0 Å². The van der Waals surface area contributed by atoms with E-state index >= 15 is 0 Å². The van der Waals surface area contributed by atoms with Gasteiger partial charge in [-0.15, -0.1) is 0 Å². The average molecular weight is 419 g/mol. The molecule has 29 heavy (non-hydrogen) atoms. The minimum atomic E-state index is -3.13. The summed E-state index contributed by atoms with van der Waals surface area (Å²) < 4.78 is 29.5. The SMILES string of the molecule is Cc1cc(-c2ncco2)ccc1CC(=O)N1CCC(CS(=O)(=O)C(C)(C)C)CC1. The summed E-state index contributed by atoms with van der Waals surface area (Å²) in [6.45, 7) is 8.47. The zero-order valence-corrected chi connectivity index (χ0v) is 18.5. The Morgan fingerprint density at radius 3 is 2.48 bits per heavy atom. The van der Waals surface area contributed by atoms with Crippen molar-refractivity contribution >= 4 is 15.7 Å². The Bertz CT molecular complexity index is 951. The number of piperidine rings is 1. The molecule has 1 aliphatic rings. The molecule has 3 rings (SSSR count). The van der Waals surface area contributed by atoms with E-state index in [1.54, 1.807) is 33.2 Å². The molecular formula is C22H30N2O4S. The lowest BCUT2D eigenvalue weighted by Crippen LogP contribution is -2.42. The van der Waals surface area contributed by atoms with E-state index in [4.69, 9.17) is 4.42 Å². The normalized spacial score (nSPS) is 16.2. The van der Waals surface area contributed by atoms with Crippen LogP contribution in [0, 0.1) is 12.8 Å². The molecule has 1 fully saturated rings. The third kappa shape index (κ3) is 5.07. The van der Waals surface area contributed by atoms with Gasteiger partial charge in [0.2, 0.25) is 11.8 Å². The summed E-state index contributed by atoms with van der Waals surface area (Å²) in [4.78, 5) is 18.8. The van der Waals surface area contributed by atoms with Crippen LogP contribution >= 0.6 is 0 Å². The van der Waals surface area contributed by atoms with Gasteiger partial charge < -0.3 is 9.32 Å². The Morgan fingerprint density at radius 1 is 1.24 bits per heavy atom. The number of sulfone groups is 1. The molecule has 0 radical (unpaired) electrons. The number of carbonyl (C=O) groups is 1. The zero-order valence-electron chi connectivity index (χ0n) is 17.6. The lowest BCUT2D eigenvalue weighted by Gasteiger charge is -2.33. The van der Waals surface area contributed by atoms with Gasteiger partial charge in [-0.2, -0.15) is 0 Å². The number of aryl methyl sites for hydroxylation is 1. The summed E-state index contributed by atoms with van der Waals surface area (Å²) in [5.41, 5.74) is 2.91. The van der Waals surface area contributed by atoms with E-state index in [2.05, 4.69) is 4.98 Å². The van der Waals surface area contributed by atoms with Crippen molar-refractivity contribution < 1.29 is 17.6 Å². The number of carbonyl (C=O) groups excluding carboxylic acids is 1. The summed E-state index contributed by atoms with van der Waals surface area (Å²) in [6, 6.07) is 5.86. The highest BCUT2D eigenvalue weighted by Gasteiger charge is 2.33. The fraction of sp³-hybridized carbons (Fsp3) is 0.545. The molecule has 0 atom stereocenters. The van der Waals surface area contributed by atoms with E-state index in [-0.39, 0.29) is 17.6 Å². The molecule has 0 unspecified atom stereocenters. The average Bonchev–Trinajstić information content (AvgIpc) is 3.17. The molecule has 1 aliphatic heterocycles. The molecule has 0 saturated carbocycles. The van der Waals surface area contributed by atoms with Crippen LogP contribution in [0.15, 0.2) is 35.1 Å². The van der Waals surface area contributed by atoms with Gasteiger partial charge >= 0.3 is 0 Å². The summed E-state index contributed by atoms with van der Waals surface area (Å²) in [5.74, 6) is 0.998. The van der Waals surface area contributed by atoms with Gasteiger partial charge in [0.1, 0.15) is 6.26 Å². The van der Waals surface area contributed by atoms with Crippen molar-refractivity contribution in [3.05, 3.63) is 41.8 Å². The highest BCUT2D eigenvalue weighted by Crippen LogP contribution is 2.26. The van der Waals surface area contributed by atoms with Crippen LogP contribution in [0.1, 0.15) is 44.7 Å². The van der Waals surface area contributed by atoms with E-state index in [9.17, 15) is 13.2 Å². The van der Waals surface area contributed by atoms with Crippen molar-refractivity contribution in [1.29, 1.82) is 0 Å². The molecule has 1 aromatic carbocycles. The number of aromatic nitrogens is 1. The van der Waals surface area contributed by atoms with Gasteiger partial charge in [-0.05, 0) is 69.7 Å². The van der Waals surface area contributed by atoms with Gasteiger partial charge in [0, 0.05) is 18.7 Å². The van der Waals surface area contributed by atoms with Crippen molar-refractivity contribution in [2.75, 3.05) is 18.8 Å². The quantitative estimate of drug-likeness (QED) is 0.740. The first-order valence-corrected chi connectivity index (χ1v) is 11.7. The van der Waals surface area contributed by atoms with Crippen LogP contribution in [0.4, 0.5) is 0 Å². The second-order valence-corrected chi connectivity index (χ2v) is 11.7. The number of rotatable bonds is 5. The predicted molar refractivity (Wildman–Crippen MR) is 113 cm³/mol. The topological polar surface area (TPSA) is 80.5 Å². The highest BCUT2D eigenvalue weighted by molar-refractivity contribution is 7.92. The lowest BCUT2D eigenvalue weighted by atomic mass is 9.97. The van der Waals surface area contributed by atoms with Crippen LogP contribution in [0.5, 0.6) is 0 Å². The van der Waals surface area contributed by atoms with E-state index in [0.29, 0.717) is 25.4 Å². The minimum absolute atomic E-state index is 0.0918. The molecule has 2 heterocycles. The van der Waals surface area contributed by atoms with Crippen LogP contribution in [0.3, 0.4) is 0 Å². The minimum Gasteiger partial charge on any atom is -0.445 e. The van der Waals surface area contributed by atoms with Crippen LogP contribution < -0.4 is 0 Å². The van der Waals surface area contributed by atoms with Gasteiger partial charge in [0.25, 0.3) is 0 Å². The maximum atomic E-state index is 12.8. The van der Waals surface area contributed by atoms with Gasteiger partial charge in [-0.3, -0.25) is 4.79 Å². The molecular weight excluding hydrogens is 388 g/mol. The molecule has 2 aromatic rings. The largest absolute Gasteiger partial charge is 0.445 e. The fourth-order valence-corrected chi connectivity index (χ4v) is 5.03.